The molecule has 2 rings (SSSR count). The lowest BCUT2D eigenvalue weighted by Gasteiger charge is -2.46. The minimum Gasteiger partial charge on any atom is -0.483 e. The first-order chi connectivity index (χ1) is 9.50. The van der Waals surface area contributed by atoms with E-state index in [0.717, 1.165) is 12.2 Å². The molecule has 0 saturated heterocycles. The molecule has 1 aromatic carbocycles. The summed E-state index contributed by atoms with van der Waals surface area (Å²) in [5.41, 5.74) is 4.13. The Kier molecular flexibility index (Phi) is 3.76. The Balaban J connectivity index is 2.87. The highest BCUT2D eigenvalue weighted by Gasteiger charge is 2.44. The largest absolute Gasteiger partial charge is 0.483 e. The smallest absolute Gasteiger partial charge is 0.128 e. The first-order valence-corrected chi connectivity index (χ1v) is 8.05. The third kappa shape index (κ3) is 2.75. The van der Waals surface area contributed by atoms with Crippen LogP contribution in [0.15, 0.2) is 29.8 Å². The summed E-state index contributed by atoms with van der Waals surface area (Å²) in [7, 11) is 0. The Morgan fingerprint density at radius 3 is 2.10 bits per heavy atom. The summed E-state index contributed by atoms with van der Waals surface area (Å²) in [6, 6.07) is 8.49. The van der Waals surface area contributed by atoms with Crippen molar-refractivity contribution in [2.75, 3.05) is 0 Å². The molecule has 0 bridgehead atoms. The number of hydrogen-bond acceptors (Lipinski definition) is 1. The predicted molar refractivity (Wildman–Crippen MR) is 91.6 cm³/mol. The molecule has 0 aliphatic carbocycles. The number of allylic oxidation sites excluding steroid dienone is 1. The van der Waals surface area contributed by atoms with Crippen molar-refractivity contribution in [1.82, 2.24) is 0 Å². The van der Waals surface area contributed by atoms with Crippen molar-refractivity contribution in [1.29, 1.82) is 0 Å². The summed E-state index contributed by atoms with van der Waals surface area (Å²) >= 11 is 0. The van der Waals surface area contributed by atoms with Gasteiger partial charge in [-0.2, -0.15) is 0 Å². The minimum atomic E-state index is -0.269. The van der Waals surface area contributed by atoms with Crippen molar-refractivity contribution >= 4 is 5.57 Å². The Bertz CT molecular complexity index is 568. The second-order valence-corrected chi connectivity index (χ2v) is 8.35. The lowest BCUT2D eigenvalue weighted by Crippen LogP contribution is -2.42. The maximum absolute atomic E-state index is 6.37. The molecule has 0 unspecified atom stereocenters. The van der Waals surface area contributed by atoms with Crippen molar-refractivity contribution in [3.63, 3.8) is 0 Å². The summed E-state index contributed by atoms with van der Waals surface area (Å²) < 4.78 is 6.37. The molecule has 21 heavy (non-hydrogen) atoms. The molecule has 0 amide bonds. The van der Waals surface area contributed by atoms with Crippen molar-refractivity contribution in [2.24, 2.45) is 10.8 Å². The minimum absolute atomic E-state index is 0.0821. The van der Waals surface area contributed by atoms with Gasteiger partial charge in [0, 0.05) is 5.56 Å². The zero-order chi connectivity index (χ0) is 16.1. The molecule has 116 valence electrons. The number of ether oxygens (including phenoxy) is 1. The van der Waals surface area contributed by atoms with Gasteiger partial charge in [0.2, 0.25) is 0 Å². The van der Waals surface area contributed by atoms with Crippen molar-refractivity contribution in [3.8, 4) is 5.75 Å². The Hall–Kier alpha value is -1.24. The van der Waals surface area contributed by atoms with Crippen LogP contribution >= 0.6 is 0 Å². The topological polar surface area (TPSA) is 9.23 Å². The fraction of sp³-hybridized carbons (Fsp3) is 0.600. The van der Waals surface area contributed by atoms with Gasteiger partial charge in [0.1, 0.15) is 11.4 Å². The van der Waals surface area contributed by atoms with E-state index < -0.39 is 0 Å². The van der Waals surface area contributed by atoms with Crippen LogP contribution in [-0.4, -0.2) is 5.60 Å². The molecule has 1 aliphatic rings. The lowest BCUT2D eigenvalue weighted by atomic mass is 9.65. The molecule has 0 saturated carbocycles. The fourth-order valence-corrected chi connectivity index (χ4v) is 3.68. The molecule has 1 aliphatic heterocycles. The zero-order valence-corrected chi connectivity index (χ0v) is 14.9. The molecule has 1 heteroatoms. The van der Waals surface area contributed by atoms with Gasteiger partial charge in [-0.25, -0.2) is 0 Å². The quantitative estimate of drug-likeness (QED) is 0.639. The van der Waals surface area contributed by atoms with Crippen molar-refractivity contribution < 1.29 is 4.74 Å². The van der Waals surface area contributed by atoms with Gasteiger partial charge >= 0.3 is 0 Å². The molecule has 1 heterocycles. The van der Waals surface area contributed by atoms with Crippen LogP contribution in [0.4, 0.5) is 0 Å². The van der Waals surface area contributed by atoms with E-state index in [1.807, 2.05) is 0 Å². The van der Waals surface area contributed by atoms with E-state index in [0.29, 0.717) is 0 Å². The van der Waals surface area contributed by atoms with Crippen LogP contribution in [0, 0.1) is 10.8 Å². The maximum Gasteiger partial charge on any atom is 0.128 e. The molecule has 0 atom stereocenters. The van der Waals surface area contributed by atoms with Gasteiger partial charge in [-0.1, -0.05) is 59.7 Å². The molecule has 0 aromatic heterocycles. The number of fused-ring (bicyclic) bond motifs is 1. The summed E-state index contributed by atoms with van der Waals surface area (Å²) in [6.07, 6.45) is 1.12. The Morgan fingerprint density at radius 2 is 1.57 bits per heavy atom. The van der Waals surface area contributed by atoms with E-state index in [1.54, 1.807) is 0 Å². The van der Waals surface area contributed by atoms with Crippen molar-refractivity contribution in [3.05, 3.63) is 35.4 Å². The molecule has 0 N–H and O–H groups in total. The van der Waals surface area contributed by atoms with E-state index >= 15 is 0 Å². The van der Waals surface area contributed by atoms with Gasteiger partial charge in [0.15, 0.2) is 0 Å². The van der Waals surface area contributed by atoms with Crippen LogP contribution < -0.4 is 4.74 Å². The van der Waals surface area contributed by atoms with Gasteiger partial charge in [-0.05, 0) is 48.3 Å². The molecular weight excluding hydrogens is 256 g/mol. The lowest BCUT2D eigenvalue weighted by molar-refractivity contribution is 0.118. The first kappa shape index (κ1) is 16.1. The number of rotatable bonds is 2. The highest BCUT2D eigenvalue weighted by Crippen LogP contribution is 2.54. The highest BCUT2D eigenvalue weighted by atomic mass is 16.5. The second kappa shape index (κ2) is 4.90. The molecule has 1 nitrogen and oxygen atoms in total. The third-order valence-corrected chi connectivity index (χ3v) is 4.68. The normalized spacial score (nSPS) is 18.3. The molecule has 0 spiro atoms. The van der Waals surface area contributed by atoms with E-state index in [-0.39, 0.29) is 16.4 Å². The first-order valence-electron chi connectivity index (χ1n) is 8.05. The standard InChI is InChI=1S/C20H30O/c1-9-19(5,6)16-14-12-10-11-13-15(14)21-20(7,8)17(16)18(2,3)4/h10-13H,9H2,1-8H3. The highest BCUT2D eigenvalue weighted by molar-refractivity contribution is 5.80. The molecule has 0 fully saturated rings. The predicted octanol–water partition coefficient (Wildman–Crippen LogP) is 6.09. The third-order valence-electron chi connectivity index (χ3n) is 4.68. The summed E-state index contributed by atoms with van der Waals surface area (Å²) in [5, 5.41) is 0. The maximum atomic E-state index is 6.37. The second-order valence-electron chi connectivity index (χ2n) is 8.35. The van der Waals surface area contributed by atoms with Gasteiger partial charge < -0.3 is 4.74 Å². The molecule has 1 aromatic rings. The van der Waals surface area contributed by atoms with Gasteiger partial charge in [0.25, 0.3) is 0 Å². The van der Waals surface area contributed by atoms with Crippen LogP contribution in [0.1, 0.15) is 67.4 Å². The van der Waals surface area contributed by atoms with E-state index in [4.69, 9.17) is 4.74 Å². The van der Waals surface area contributed by atoms with E-state index in [1.165, 1.54) is 16.7 Å². The number of hydrogen-bond donors (Lipinski definition) is 0. The average molecular weight is 286 g/mol. The summed E-state index contributed by atoms with van der Waals surface area (Å²) in [5.74, 6) is 1.02. The van der Waals surface area contributed by atoms with Gasteiger partial charge in [-0.3, -0.25) is 0 Å². The zero-order valence-electron chi connectivity index (χ0n) is 14.9. The molecular formula is C20H30O. The summed E-state index contributed by atoms with van der Waals surface area (Å²) in [6.45, 7) is 18.3. The Morgan fingerprint density at radius 1 is 1.00 bits per heavy atom. The van der Waals surface area contributed by atoms with Gasteiger partial charge in [-0.15, -0.1) is 0 Å². The van der Waals surface area contributed by atoms with E-state index in [2.05, 4.69) is 79.7 Å². The van der Waals surface area contributed by atoms with Crippen LogP contribution in [0.2, 0.25) is 0 Å². The monoisotopic (exact) mass is 286 g/mol. The average Bonchev–Trinajstić information content (AvgIpc) is 2.34. The summed E-state index contributed by atoms with van der Waals surface area (Å²) in [4.78, 5) is 0. The number of para-hydroxylation sites is 1. The Labute approximate surface area is 130 Å². The van der Waals surface area contributed by atoms with Crippen LogP contribution in [-0.2, 0) is 0 Å². The fourth-order valence-electron chi connectivity index (χ4n) is 3.68. The van der Waals surface area contributed by atoms with Crippen molar-refractivity contribution in [2.45, 2.75) is 67.4 Å². The van der Waals surface area contributed by atoms with E-state index in [9.17, 15) is 0 Å². The molecule has 0 radical (unpaired) electrons. The van der Waals surface area contributed by atoms with Crippen LogP contribution in [0.3, 0.4) is 0 Å². The van der Waals surface area contributed by atoms with Crippen LogP contribution in [0.25, 0.3) is 5.57 Å². The SMILES string of the molecule is CCC(C)(C)C1=C(C(C)(C)C)C(C)(C)Oc2ccccc21. The van der Waals surface area contributed by atoms with Gasteiger partial charge in [0.05, 0.1) is 0 Å². The van der Waals surface area contributed by atoms with Crippen LogP contribution in [0.5, 0.6) is 5.75 Å². The number of benzene rings is 1.